The van der Waals surface area contributed by atoms with Gasteiger partial charge in [-0.2, -0.15) is 0 Å². The normalized spacial score (nSPS) is 26.0. The van der Waals surface area contributed by atoms with Gasteiger partial charge in [0.25, 0.3) is 0 Å². The van der Waals surface area contributed by atoms with Gasteiger partial charge in [-0.15, -0.1) is 0 Å². The Balaban J connectivity index is 2.20. The molecule has 0 bridgehead atoms. The van der Waals surface area contributed by atoms with Crippen molar-refractivity contribution in [3.63, 3.8) is 0 Å². The highest BCUT2D eigenvalue weighted by atomic mass is 32.2. The third kappa shape index (κ3) is 3.14. The molecule has 1 fully saturated rings. The fourth-order valence-electron chi connectivity index (χ4n) is 2.04. The Morgan fingerprint density at radius 2 is 1.90 bits per heavy atom. The van der Waals surface area contributed by atoms with Crippen LogP contribution in [-0.2, 0) is 4.79 Å². The number of carbonyl (C=O) groups is 1. The third-order valence-electron chi connectivity index (χ3n) is 3.99. The van der Waals surface area contributed by atoms with Crippen LogP contribution in [0.5, 0.6) is 0 Å². The molecule has 0 aliphatic carbocycles. The number of nitrogens with one attached hydrogen (secondary N) is 1. The summed E-state index contributed by atoms with van der Waals surface area (Å²) in [5, 5.41) is 13.6. The monoisotopic (exact) mass is 306 g/mol. The van der Waals surface area contributed by atoms with Gasteiger partial charge in [0, 0.05) is 0 Å². The average molecular weight is 306 g/mol. The van der Waals surface area contributed by atoms with Gasteiger partial charge in [0.05, 0.1) is 11.6 Å². The molecule has 1 aromatic carbocycles. The van der Waals surface area contributed by atoms with Gasteiger partial charge in [-0.1, -0.05) is 41.6 Å². The molecule has 1 saturated heterocycles. The maximum atomic E-state index is 12.1. The van der Waals surface area contributed by atoms with Crippen molar-refractivity contribution in [2.45, 2.75) is 51.0 Å². The minimum Gasteiger partial charge on any atom is -0.388 e. The quantitative estimate of drug-likeness (QED) is 0.902. The summed E-state index contributed by atoms with van der Waals surface area (Å²) in [4.78, 5) is 16.7. The number of amides is 1. The van der Waals surface area contributed by atoms with Crippen molar-refractivity contribution in [3.8, 4) is 0 Å². The van der Waals surface area contributed by atoms with E-state index in [0.717, 1.165) is 5.56 Å². The van der Waals surface area contributed by atoms with E-state index in [-0.39, 0.29) is 11.9 Å². The Kier molecular flexibility index (Phi) is 4.17. The Morgan fingerprint density at radius 1 is 1.33 bits per heavy atom. The second kappa shape index (κ2) is 5.46. The Bertz CT molecular complexity index is 575. The Labute approximate surface area is 130 Å². The van der Waals surface area contributed by atoms with Gasteiger partial charge < -0.3 is 10.4 Å². The second-order valence-electron chi connectivity index (χ2n) is 6.17. The number of amidine groups is 1. The number of hydrogen-bond acceptors (Lipinski definition) is 4. The van der Waals surface area contributed by atoms with Gasteiger partial charge in [0.15, 0.2) is 5.17 Å². The molecule has 4 nitrogen and oxygen atoms in total. The lowest BCUT2D eigenvalue weighted by Crippen LogP contribution is -2.50. The van der Waals surface area contributed by atoms with E-state index in [1.807, 2.05) is 38.1 Å². The molecular weight excluding hydrogens is 284 g/mol. The largest absolute Gasteiger partial charge is 0.388 e. The van der Waals surface area contributed by atoms with Gasteiger partial charge in [0.2, 0.25) is 5.91 Å². The van der Waals surface area contributed by atoms with Crippen LogP contribution in [0.15, 0.2) is 29.3 Å². The summed E-state index contributed by atoms with van der Waals surface area (Å²) in [6.07, 6.45) is 0. The molecule has 0 spiro atoms. The van der Waals surface area contributed by atoms with Gasteiger partial charge in [-0.25, -0.2) is 0 Å². The van der Waals surface area contributed by atoms with Crippen LogP contribution in [0.4, 0.5) is 0 Å². The zero-order valence-electron chi connectivity index (χ0n) is 13.1. The number of carbonyl (C=O) groups excluding carboxylic acids is 1. The first-order valence-electron chi connectivity index (χ1n) is 7.01. The Morgan fingerprint density at radius 3 is 2.38 bits per heavy atom. The van der Waals surface area contributed by atoms with Crippen molar-refractivity contribution in [3.05, 3.63) is 35.4 Å². The molecular formula is C16H22N2O2S. The van der Waals surface area contributed by atoms with Crippen LogP contribution in [0.25, 0.3) is 0 Å². The van der Waals surface area contributed by atoms with Crippen molar-refractivity contribution in [1.82, 2.24) is 5.32 Å². The van der Waals surface area contributed by atoms with Gasteiger partial charge in [-0.05, 0) is 40.2 Å². The lowest BCUT2D eigenvalue weighted by Gasteiger charge is -2.32. The first-order valence-corrected chi connectivity index (χ1v) is 7.82. The van der Waals surface area contributed by atoms with Gasteiger partial charge in [-0.3, -0.25) is 9.79 Å². The summed E-state index contributed by atoms with van der Waals surface area (Å²) in [6, 6.07) is 8.14. The number of hydrogen-bond donors (Lipinski definition) is 2. The van der Waals surface area contributed by atoms with Crippen LogP contribution in [0, 0.1) is 6.92 Å². The maximum Gasteiger partial charge on any atom is 0.245 e. The molecule has 2 N–H and O–H groups in total. The van der Waals surface area contributed by atoms with Crippen molar-refractivity contribution < 1.29 is 9.90 Å². The van der Waals surface area contributed by atoms with Gasteiger partial charge in [0.1, 0.15) is 4.75 Å². The van der Waals surface area contributed by atoms with Crippen molar-refractivity contribution in [2.75, 3.05) is 0 Å². The highest BCUT2D eigenvalue weighted by molar-refractivity contribution is 8.16. The maximum absolute atomic E-state index is 12.1. The van der Waals surface area contributed by atoms with Crippen LogP contribution >= 0.6 is 11.8 Å². The molecule has 0 aromatic heterocycles. The molecule has 2 rings (SSSR count). The van der Waals surface area contributed by atoms with E-state index < -0.39 is 10.3 Å². The van der Waals surface area contributed by atoms with E-state index in [1.165, 1.54) is 17.3 Å². The van der Waals surface area contributed by atoms with E-state index in [2.05, 4.69) is 10.3 Å². The molecule has 114 valence electrons. The zero-order chi connectivity index (χ0) is 15.8. The minimum atomic E-state index is -1.12. The number of aliphatic hydroxyl groups is 1. The SMILES string of the molecule is Cc1ccc([C@H](C)N=C2NC(=O)[C@@](C)(C(C)(C)O)S2)cc1. The van der Waals surface area contributed by atoms with Crippen molar-refractivity contribution >= 4 is 22.8 Å². The topological polar surface area (TPSA) is 61.7 Å². The molecule has 5 heteroatoms. The standard InChI is InChI=1S/C16H22N2O2S/c1-10-6-8-12(9-7-10)11(2)17-14-18-13(19)16(5,21-14)15(3,4)20/h6-9,11,20H,1-5H3,(H,17,18,19)/t11-,16-/m0/s1. The number of benzene rings is 1. The van der Waals surface area contributed by atoms with Gasteiger partial charge >= 0.3 is 0 Å². The second-order valence-corrected chi connectivity index (χ2v) is 7.58. The molecule has 1 amide bonds. The lowest BCUT2D eigenvalue weighted by atomic mass is 9.91. The van der Waals surface area contributed by atoms with Crippen LogP contribution in [-0.4, -0.2) is 26.5 Å². The Hall–Kier alpha value is -1.33. The fourth-order valence-corrected chi connectivity index (χ4v) is 3.17. The fraction of sp³-hybridized carbons (Fsp3) is 0.500. The molecule has 1 aliphatic heterocycles. The van der Waals surface area contributed by atoms with Crippen molar-refractivity contribution in [2.24, 2.45) is 4.99 Å². The third-order valence-corrected chi connectivity index (χ3v) is 5.49. The van der Waals surface area contributed by atoms with Crippen LogP contribution in [0.2, 0.25) is 0 Å². The molecule has 1 aliphatic rings. The molecule has 0 radical (unpaired) electrons. The van der Waals surface area contributed by atoms with E-state index >= 15 is 0 Å². The summed E-state index contributed by atoms with van der Waals surface area (Å²) >= 11 is 1.29. The summed E-state index contributed by atoms with van der Waals surface area (Å²) in [6.45, 7) is 9.07. The first-order chi connectivity index (χ1) is 9.63. The molecule has 21 heavy (non-hydrogen) atoms. The first kappa shape index (κ1) is 16.0. The molecule has 2 atom stereocenters. The molecule has 1 aromatic rings. The minimum absolute atomic E-state index is 0.0439. The number of rotatable bonds is 3. The van der Waals surface area contributed by atoms with E-state index in [1.54, 1.807) is 20.8 Å². The van der Waals surface area contributed by atoms with Crippen LogP contribution in [0.3, 0.4) is 0 Å². The molecule has 0 unspecified atom stereocenters. The summed E-state index contributed by atoms with van der Waals surface area (Å²) < 4.78 is -0.918. The lowest BCUT2D eigenvalue weighted by molar-refractivity contribution is -0.126. The average Bonchev–Trinajstić information content (AvgIpc) is 2.66. The van der Waals surface area contributed by atoms with E-state index in [4.69, 9.17) is 0 Å². The smallest absolute Gasteiger partial charge is 0.245 e. The number of aliphatic imine (C=N–C) groups is 1. The van der Waals surface area contributed by atoms with Crippen LogP contribution in [0.1, 0.15) is 44.9 Å². The molecule has 1 heterocycles. The van der Waals surface area contributed by atoms with E-state index in [0.29, 0.717) is 5.17 Å². The number of nitrogens with zero attached hydrogens (tertiary/aromatic N) is 1. The van der Waals surface area contributed by atoms with Crippen molar-refractivity contribution in [1.29, 1.82) is 0 Å². The predicted octanol–water partition coefficient (Wildman–Crippen LogP) is 2.80. The summed E-state index contributed by atoms with van der Waals surface area (Å²) in [7, 11) is 0. The number of thioether (sulfide) groups is 1. The highest BCUT2D eigenvalue weighted by Crippen LogP contribution is 2.41. The number of aryl methyl sites for hydroxylation is 1. The zero-order valence-corrected chi connectivity index (χ0v) is 13.9. The summed E-state index contributed by atoms with van der Waals surface area (Å²) in [5.41, 5.74) is 1.18. The highest BCUT2D eigenvalue weighted by Gasteiger charge is 2.52. The predicted molar refractivity (Wildman–Crippen MR) is 87.5 cm³/mol. The van der Waals surface area contributed by atoms with E-state index in [9.17, 15) is 9.90 Å². The van der Waals surface area contributed by atoms with Crippen LogP contribution < -0.4 is 5.32 Å². The molecule has 0 saturated carbocycles. The summed E-state index contributed by atoms with van der Waals surface area (Å²) in [5.74, 6) is -0.199.